The van der Waals surface area contributed by atoms with Crippen molar-refractivity contribution in [2.24, 2.45) is 5.41 Å². The Balaban J connectivity index is 2.87. The molecule has 2 nitrogen and oxygen atoms in total. The normalized spacial score (nSPS) is 13.9. The van der Waals surface area contributed by atoms with Gasteiger partial charge in [-0.1, -0.05) is 36.4 Å². The van der Waals surface area contributed by atoms with E-state index in [0.29, 0.717) is 12.8 Å². The van der Waals surface area contributed by atoms with Crippen LogP contribution in [0.25, 0.3) is 0 Å². The molecule has 86 valence electrons. The van der Waals surface area contributed by atoms with Gasteiger partial charge in [0.15, 0.2) is 0 Å². The summed E-state index contributed by atoms with van der Waals surface area (Å²) in [7, 11) is 1.43. The van der Waals surface area contributed by atoms with Crippen LogP contribution in [0.5, 0.6) is 0 Å². The summed E-state index contributed by atoms with van der Waals surface area (Å²) >= 11 is 0. The van der Waals surface area contributed by atoms with Crippen molar-refractivity contribution in [2.75, 3.05) is 7.11 Å². The molecular weight excluding hydrogens is 200 g/mol. The van der Waals surface area contributed by atoms with E-state index < -0.39 is 5.41 Å². The van der Waals surface area contributed by atoms with Crippen molar-refractivity contribution in [3.8, 4) is 0 Å². The minimum atomic E-state index is -0.516. The second kappa shape index (κ2) is 5.50. The van der Waals surface area contributed by atoms with Crippen molar-refractivity contribution in [2.45, 2.75) is 19.8 Å². The van der Waals surface area contributed by atoms with E-state index in [2.05, 4.69) is 6.58 Å². The monoisotopic (exact) mass is 218 g/mol. The van der Waals surface area contributed by atoms with Crippen molar-refractivity contribution in [1.82, 2.24) is 0 Å². The molecule has 0 N–H and O–H groups in total. The van der Waals surface area contributed by atoms with Gasteiger partial charge < -0.3 is 4.74 Å². The highest BCUT2D eigenvalue weighted by atomic mass is 16.5. The number of rotatable bonds is 5. The molecule has 0 radical (unpaired) electrons. The average molecular weight is 218 g/mol. The number of allylic oxidation sites excluding steroid dienone is 1. The lowest BCUT2D eigenvalue weighted by molar-refractivity contribution is -0.151. The Morgan fingerprint density at radius 1 is 1.44 bits per heavy atom. The molecule has 1 rings (SSSR count). The lowest BCUT2D eigenvalue weighted by Crippen LogP contribution is -2.31. The molecule has 0 saturated carbocycles. The first-order valence-corrected chi connectivity index (χ1v) is 5.35. The maximum absolute atomic E-state index is 11.8. The summed E-state index contributed by atoms with van der Waals surface area (Å²) in [5.41, 5.74) is 0.620. The Kier molecular flexibility index (Phi) is 4.29. The maximum atomic E-state index is 11.8. The van der Waals surface area contributed by atoms with Crippen LogP contribution >= 0.6 is 0 Å². The SMILES string of the molecule is C=CCC(C)(Cc1ccccc1)C(=O)OC. The van der Waals surface area contributed by atoms with Gasteiger partial charge in [0.25, 0.3) is 0 Å². The quantitative estimate of drug-likeness (QED) is 0.561. The van der Waals surface area contributed by atoms with Gasteiger partial charge in [0, 0.05) is 0 Å². The van der Waals surface area contributed by atoms with Crippen molar-refractivity contribution < 1.29 is 9.53 Å². The molecule has 1 aromatic rings. The molecule has 0 fully saturated rings. The fourth-order valence-electron chi connectivity index (χ4n) is 1.84. The molecule has 0 aromatic heterocycles. The Morgan fingerprint density at radius 3 is 2.56 bits per heavy atom. The minimum absolute atomic E-state index is 0.184. The van der Waals surface area contributed by atoms with Gasteiger partial charge in [-0.25, -0.2) is 0 Å². The zero-order valence-electron chi connectivity index (χ0n) is 9.90. The zero-order valence-corrected chi connectivity index (χ0v) is 9.90. The Morgan fingerprint density at radius 2 is 2.06 bits per heavy atom. The van der Waals surface area contributed by atoms with E-state index in [4.69, 9.17) is 4.74 Å². The van der Waals surface area contributed by atoms with Crippen molar-refractivity contribution in [3.63, 3.8) is 0 Å². The number of esters is 1. The molecule has 16 heavy (non-hydrogen) atoms. The Labute approximate surface area is 96.9 Å². The molecule has 1 unspecified atom stereocenters. The summed E-state index contributed by atoms with van der Waals surface area (Å²) in [6.45, 7) is 5.61. The molecular formula is C14H18O2. The molecule has 0 aliphatic heterocycles. The number of ether oxygens (including phenoxy) is 1. The van der Waals surface area contributed by atoms with Gasteiger partial charge in [0.1, 0.15) is 0 Å². The summed E-state index contributed by atoms with van der Waals surface area (Å²) in [4.78, 5) is 11.8. The van der Waals surface area contributed by atoms with Crippen LogP contribution < -0.4 is 0 Å². The van der Waals surface area contributed by atoms with E-state index in [1.165, 1.54) is 7.11 Å². The highest BCUT2D eigenvalue weighted by molar-refractivity contribution is 5.76. The first-order chi connectivity index (χ1) is 7.62. The molecule has 1 aromatic carbocycles. The fourth-order valence-corrected chi connectivity index (χ4v) is 1.84. The number of benzene rings is 1. The van der Waals surface area contributed by atoms with Gasteiger partial charge in [0.05, 0.1) is 12.5 Å². The number of carbonyl (C=O) groups excluding carboxylic acids is 1. The lowest BCUT2D eigenvalue weighted by atomic mass is 9.80. The summed E-state index contributed by atoms with van der Waals surface area (Å²) in [6, 6.07) is 9.95. The number of methoxy groups -OCH3 is 1. The van der Waals surface area contributed by atoms with Gasteiger partial charge in [-0.2, -0.15) is 0 Å². The second-order valence-electron chi connectivity index (χ2n) is 4.21. The molecule has 0 aliphatic rings. The predicted molar refractivity (Wildman–Crippen MR) is 65.1 cm³/mol. The summed E-state index contributed by atoms with van der Waals surface area (Å²) in [5, 5.41) is 0. The van der Waals surface area contributed by atoms with E-state index >= 15 is 0 Å². The van der Waals surface area contributed by atoms with Gasteiger partial charge in [0.2, 0.25) is 0 Å². The number of hydrogen-bond acceptors (Lipinski definition) is 2. The molecule has 2 heteroatoms. The van der Waals surface area contributed by atoms with Gasteiger partial charge in [-0.3, -0.25) is 4.79 Å². The van der Waals surface area contributed by atoms with E-state index in [1.54, 1.807) is 6.08 Å². The average Bonchev–Trinajstić information content (AvgIpc) is 2.29. The first-order valence-electron chi connectivity index (χ1n) is 5.35. The molecule has 1 atom stereocenters. The topological polar surface area (TPSA) is 26.3 Å². The van der Waals surface area contributed by atoms with Crippen molar-refractivity contribution in [3.05, 3.63) is 48.6 Å². The standard InChI is InChI=1S/C14H18O2/c1-4-10-14(2,13(15)16-3)11-12-8-6-5-7-9-12/h4-9H,1,10-11H2,2-3H3. The van der Waals surface area contributed by atoms with Crippen LogP contribution in [0.4, 0.5) is 0 Å². The third kappa shape index (κ3) is 2.96. The van der Waals surface area contributed by atoms with Crippen LogP contribution in [-0.2, 0) is 16.0 Å². The van der Waals surface area contributed by atoms with Crippen LogP contribution in [-0.4, -0.2) is 13.1 Å². The minimum Gasteiger partial charge on any atom is -0.469 e. The van der Waals surface area contributed by atoms with Crippen LogP contribution in [0, 0.1) is 5.41 Å². The molecule has 0 aliphatic carbocycles. The molecule has 0 spiro atoms. The van der Waals surface area contributed by atoms with Gasteiger partial charge >= 0.3 is 5.97 Å². The predicted octanol–water partition coefficient (Wildman–Crippen LogP) is 2.98. The molecule has 0 amide bonds. The van der Waals surface area contributed by atoms with E-state index in [-0.39, 0.29) is 5.97 Å². The molecule has 0 saturated heterocycles. The van der Waals surface area contributed by atoms with Crippen LogP contribution in [0.15, 0.2) is 43.0 Å². The van der Waals surface area contributed by atoms with E-state index in [9.17, 15) is 4.79 Å². The van der Waals surface area contributed by atoms with Crippen LogP contribution in [0.1, 0.15) is 18.9 Å². The first kappa shape index (κ1) is 12.5. The summed E-state index contributed by atoms with van der Waals surface area (Å²) in [5.74, 6) is -0.184. The van der Waals surface area contributed by atoms with Crippen LogP contribution in [0.3, 0.4) is 0 Å². The Hall–Kier alpha value is -1.57. The highest BCUT2D eigenvalue weighted by Crippen LogP contribution is 2.28. The zero-order chi connectivity index (χ0) is 12.0. The lowest BCUT2D eigenvalue weighted by Gasteiger charge is -2.25. The van der Waals surface area contributed by atoms with Gasteiger partial charge in [-0.05, 0) is 25.3 Å². The largest absolute Gasteiger partial charge is 0.469 e. The molecule has 0 bridgehead atoms. The summed E-state index contributed by atoms with van der Waals surface area (Å²) < 4.78 is 4.85. The third-order valence-corrected chi connectivity index (χ3v) is 2.71. The highest BCUT2D eigenvalue weighted by Gasteiger charge is 2.33. The third-order valence-electron chi connectivity index (χ3n) is 2.71. The van der Waals surface area contributed by atoms with Crippen molar-refractivity contribution in [1.29, 1.82) is 0 Å². The number of carbonyl (C=O) groups is 1. The molecule has 0 heterocycles. The van der Waals surface area contributed by atoms with Gasteiger partial charge in [-0.15, -0.1) is 6.58 Å². The van der Waals surface area contributed by atoms with Crippen LogP contribution in [0.2, 0.25) is 0 Å². The number of hydrogen-bond donors (Lipinski definition) is 0. The van der Waals surface area contributed by atoms with E-state index in [0.717, 1.165) is 5.56 Å². The fraction of sp³-hybridized carbons (Fsp3) is 0.357. The maximum Gasteiger partial charge on any atom is 0.312 e. The van der Waals surface area contributed by atoms with E-state index in [1.807, 2.05) is 37.3 Å². The smallest absolute Gasteiger partial charge is 0.312 e. The second-order valence-corrected chi connectivity index (χ2v) is 4.21. The summed E-state index contributed by atoms with van der Waals surface area (Å²) in [6.07, 6.45) is 3.06. The Bertz CT molecular complexity index is 356. The van der Waals surface area contributed by atoms with Crippen molar-refractivity contribution >= 4 is 5.97 Å².